The van der Waals surface area contributed by atoms with E-state index in [4.69, 9.17) is 4.74 Å². The lowest BCUT2D eigenvalue weighted by Gasteiger charge is -2.41. The second-order valence-corrected chi connectivity index (χ2v) is 7.45. The van der Waals surface area contributed by atoms with E-state index in [-0.39, 0.29) is 23.5 Å². The zero-order chi connectivity index (χ0) is 18.0. The van der Waals surface area contributed by atoms with Crippen LogP contribution in [-0.2, 0) is 22.6 Å². The van der Waals surface area contributed by atoms with Crippen molar-refractivity contribution in [2.24, 2.45) is 0 Å². The third-order valence-electron chi connectivity index (χ3n) is 5.27. The Bertz CT molecular complexity index is 643. The van der Waals surface area contributed by atoms with Gasteiger partial charge in [-0.05, 0) is 39.5 Å². The molecule has 1 aliphatic heterocycles. The Morgan fingerprint density at radius 3 is 2.68 bits per heavy atom. The van der Waals surface area contributed by atoms with Gasteiger partial charge in [0.2, 0.25) is 5.91 Å². The van der Waals surface area contributed by atoms with Gasteiger partial charge in [0.05, 0.1) is 30.6 Å². The Morgan fingerprint density at radius 1 is 1.32 bits per heavy atom. The molecule has 7 nitrogen and oxygen atoms in total. The Kier molecular flexibility index (Phi) is 5.13. The minimum absolute atomic E-state index is 0.0496. The van der Waals surface area contributed by atoms with E-state index in [1.54, 1.807) is 13.4 Å². The normalized spacial score (nSPS) is 19.1. The molecule has 2 aliphatic rings. The summed E-state index contributed by atoms with van der Waals surface area (Å²) in [5, 5.41) is 2.89. The zero-order valence-corrected chi connectivity index (χ0v) is 15.4. The second-order valence-electron chi connectivity index (χ2n) is 7.45. The number of aryl methyl sites for hydroxylation is 1. The van der Waals surface area contributed by atoms with Gasteiger partial charge in [-0.15, -0.1) is 0 Å². The fraction of sp³-hybridized carbons (Fsp3) is 0.722. The molecule has 0 spiro atoms. The molecular formula is C18H28N4O3. The summed E-state index contributed by atoms with van der Waals surface area (Å²) in [6.45, 7) is 5.75. The van der Waals surface area contributed by atoms with Crippen LogP contribution >= 0.6 is 0 Å². The summed E-state index contributed by atoms with van der Waals surface area (Å²) in [4.78, 5) is 31.4. The summed E-state index contributed by atoms with van der Waals surface area (Å²) in [5.74, 6) is -0.0724. The summed E-state index contributed by atoms with van der Waals surface area (Å²) in [7, 11) is 1.69. The van der Waals surface area contributed by atoms with Crippen LogP contribution in [0.25, 0.3) is 0 Å². The van der Waals surface area contributed by atoms with Crippen LogP contribution in [-0.4, -0.2) is 51.6 Å². The molecule has 1 aromatic heterocycles. The minimum Gasteiger partial charge on any atom is -0.378 e. The van der Waals surface area contributed by atoms with E-state index in [0.717, 1.165) is 37.9 Å². The fourth-order valence-electron chi connectivity index (χ4n) is 3.60. The highest BCUT2D eigenvalue weighted by molar-refractivity contribution is 5.93. The monoisotopic (exact) mass is 348 g/mol. The average Bonchev–Trinajstić information content (AvgIpc) is 2.80. The van der Waals surface area contributed by atoms with Gasteiger partial charge in [-0.3, -0.25) is 9.59 Å². The van der Waals surface area contributed by atoms with Gasteiger partial charge in [0.1, 0.15) is 0 Å². The van der Waals surface area contributed by atoms with Gasteiger partial charge in [0.25, 0.3) is 5.91 Å². The molecule has 0 aromatic carbocycles. The van der Waals surface area contributed by atoms with Crippen LogP contribution in [0, 0.1) is 0 Å². The number of amides is 2. The van der Waals surface area contributed by atoms with Crippen LogP contribution in [0.5, 0.6) is 0 Å². The molecule has 0 saturated heterocycles. The molecule has 0 bridgehead atoms. The van der Waals surface area contributed by atoms with Crippen molar-refractivity contribution in [1.82, 2.24) is 19.8 Å². The summed E-state index contributed by atoms with van der Waals surface area (Å²) in [6.07, 6.45) is 6.01. The summed E-state index contributed by atoms with van der Waals surface area (Å²) in [5.41, 5.74) is 0.976. The lowest BCUT2D eigenvalue weighted by Crippen LogP contribution is -2.45. The highest BCUT2D eigenvalue weighted by Gasteiger charge is 2.40. The van der Waals surface area contributed by atoms with E-state index < -0.39 is 0 Å². The van der Waals surface area contributed by atoms with E-state index in [1.165, 1.54) is 0 Å². The number of carbonyl (C=O) groups is 2. The lowest BCUT2D eigenvalue weighted by molar-refractivity contribution is -0.144. The molecule has 0 radical (unpaired) electrons. The van der Waals surface area contributed by atoms with Crippen LogP contribution in [0.1, 0.15) is 62.1 Å². The molecule has 0 unspecified atom stereocenters. The van der Waals surface area contributed by atoms with Gasteiger partial charge in [0.15, 0.2) is 5.69 Å². The van der Waals surface area contributed by atoms with Crippen LogP contribution < -0.4 is 5.32 Å². The van der Waals surface area contributed by atoms with Crippen LogP contribution in [0.15, 0.2) is 6.33 Å². The van der Waals surface area contributed by atoms with Crippen LogP contribution in [0.2, 0.25) is 0 Å². The largest absolute Gasteiger partial charge is 0.378 e. The highest BCUT2D eigenvalue weighted by Crippen LogP contribution is 2.38. The van der Waals surface area contributed by atoms with E-state index in [0.29, 0.717) is 25.2 Å². The predicted molar refractivity (Wildman–Crippen MR) is 93.1 cm³/mol. The van der Waals surface area contributed by atoms with E-state index in [9.17, 15) is 9.59 Å². The number of methoxy groups -OCH3 is 1. The van der Waals surface area contributed by atoms with Crippen molar-refractivity contribution in [2.75, 3.05) is 13.7 Å². The summed E-state index contributed by atoms with van der Waals surface area (Å²) < 4.78 is 7.60. The number of nitrogens with one attached hydrogen (secondary N) is 1. The second kappa shape index (κ2) is 7.15. The SMILES string of the molecule is COC1(CC(=O)N2CCCn3cnc(C(=O)NC(C)C)c3C2)CCC1. The molecule has 1 aliphatic carbocycles. The molecule has 25 heavy (non-hydrogen) atoms. The summed E-state index contributed by atoms with van der Waals surface area (Å²) >= 11 is 0. The van der Waals surface area contributed by atoms with Gasteiger partial charge >= 0.3 is 0 Å². The molecule has 1 saturated carbocycles. The topological polar surface area (TPSA) is 76.5 Å². The standard InChI is InChI=1S/C18H28N4O3/c1-13(2)20-17(24)16-14-11-21(8-5-9-22(14)12-19-16)15(23)10-18(25-3)6-4-7-18/h12-13H,4-11H2,1-3H3,(H,20,24). The van der Waals surface area contributed by atoms with Crippen molar-refractivity contribution in [3.05, 3.63) is 17.7 Å². The molecule has 2 amide bonds. The fourth-order valence-corrected chi connectivity index (χ4v) is 3.60. The van der Waals surface area contributed by atoms with Crippen molar-refractivity contribution < 1.29 is 14.3 Å². The number of carbonyl (C=O) groups excluding carboxylic acids is 2. The number of fused-ring (bicyclic) bond motifs is 1. The number of imidazole rings is 1. The number of hydrogen-bond donors (Lipinski definition) is 1. The number of hydrogen-bond acceptors (Lipinski definition) is 4. The van der Waals surface area contributed by atoms with Crippen molar-refractivity contribution in [2.45, 2.75) is 70.7 Å². The van der Waals surface area contributed by atoms with Crippen molar-refractivity contribution in [3.63, 3.8) is 0 Å². The highest BCUT2D eigenvalue weighted by atomic mass is 16.5. The molecule has 1 N–H and O–H groups in total. The number of rotatable bonds is 5. The van der Waals surface area contributed by atoms with E-state index in [2.05, 4.69) is 10.3 Å². The molecule has 0 atom stereocenters. The quantitative estimate of drug-likeness (QED) is 0.879. The van der Waals surface area contributed by atoms with Crippen LogP contribution in [0.4, 0.5) is 0 Å². The first-order valence-corrected chi connectivity index (χ1v) is 9.12. The maximum Gasteiger partial charge on any atom is 0.272 e. The molecular weight excluding hydrogens is 320 g/mol. The first kappa shape index (κ1) is 17.9. The number of ether oxygens (including phenoxy) is 1. The van der Waals surface area contributed by atoms with Crippen molar-refractivity contribution in [3.8, 4) is 0 Å². The Balaban J connectivity index is 1.75. The predicted octanol–water partition coefficient (Wildman–Crippen LogP) is 1.71. The van der Waals surface area contributed by atoms with E-state index >= 15 is 0 Å². The van der Waals surface area contributed by atoms with Crippen molar-refractivity contribution >= 4 is 11.8 Å². The minimum atomic E-state index is -0.276. The summed E-state index contributed by atoms with van der Waals surface area (Å²) in [6, 6.07) is 0.0496. The number of aromatic nitrogens is 2. The molecule has 2 heterocycles. The zero-order valence-electron chi connectivity index (χ0n) is 15.4. The van der Waals surface area contributed by atoms with Gasteiger partial charge in [-0.2, -0.15) is 0 Å². The smallest absolute Gasteiger partial charge is 0.272 e. The van der Waals surface area contributed by atoms with Gasteiger partial charge < -0.3 is 19.5 Å². The molecule has 138 valence electrons. The van der Waals surface area contributed by atoms with Gasteiger partial charge in [0, 0.05) is 26.2 Å². The average molecular weight is 348 g/mol. The molecule has 1 aromatic rings. The first-order chi connectivity index (χ1) is 11.9. The molecule has 3 rings (SSSR count). The molecule has 7 heteroatoms. The first-order valence-electron chi connectivity index (χ1n) is 9.12. The van der Waals surface area contributed by atoms with Crippen molar-refractivity contribution in [1.29, 1.82) is 0 Å². The lowest BCUT2D eigenvalue weighted by atomic mass is 9.77. The Morgan fingerprint density at radius 2 is 2.08 bits per heavy atom. The Labute approximate surface area is 148 Å². The molecule has 1 fully saturated rings. The Hall–Kier alpha value is -1.89. The maximum atomic E-state index is 12.8. The van der Waals surface area contributed by atoms with Gasteiger partial charge in [-0.1, -0.05) is 0 Å². The third-order valence-corrected chi connectivity index (χ3v) is 5.27. The van der Waals surface area contributed by atoms with E-state index in [1.807, 2.05) is 23.3 Å². The number of nitrogens with zero attached hydrogens (tertiary/aromatic N) is 3. The van der Waals surface area contributed by atoms with Gasteiger partial charge in [-0.25, -0.2) is 4.98 Å². The van der Waals surface area contributed by atoms with Crippen LogP contribution in [0.3, 0.4) is 0 Å². The maximum absolute atomic E-state index is 12.8. The third kappa shape index (κ3) is 3.71.